The standard InChI is InChI=1S/C37H31ClN2O8S/c1-4-18-47-33-24(12-9-13-28(33)45-3)32-30(36(44)46-5-2)31(21-10-7-6-8-11-21)39-37-40(32)34(41)29(49-37)20-23-15-17-27(48-23)22-14-16-26(38)25(19-22)35(42)43/h6-17,19-20,32H,4-5,18H2,1-3H3,(H,42,43)/b29-20+/t32-/m0/s1. The van der Waals surface area contributed by atoms with Gasteiger partial charge in [-0.05, 0) is 49.7 Å². The van der Waals surface area contributed by atoms with Crippen molar-refractivity contribution in [3.63, 3.8) is 0 Å². The minimum atomic E-state index is -1.16. The predicted molar refractivity (Wildman–Crippen MR) is 186 cm³/mol. The number of aromatic nitrogens is 1. The van der Waals surface area contributed by atoms with E-state index in [-0.39, 0.29) is 22.8 Å². The summed E-state index contributed by atoms with van der Waals surface area (Å²) in [7, 11) is 1.53. The summed E-state index contributed by atoms with van der Waals surface area (Å²) in [5.74, 6) is -0.183. The number of methoxy groups -OCH3 is 1. The number of benzene rings is 3. The number of carbonyl (C=O) groups is 2. The first kappa shape index (κ1) is 33.5. The molecule has 0 saturated heterocycles. The molecule has 5 aromatic rings. The van der Waals surface area contributed by atoms with Crippen molar-refractivity contribution in [3.8, 4) is 22.8 Å². The van der Waals surface area contributed by atoms with Crippen LogP contribution in [0.15, 0.2) is 98.6 Å². The third-order valence-corrected chi connectivity index (χ3v) is 9.04. The van der Waals surface area contributed by atoms with Gasteiger partial charge in [-0.1, -0.05) is 72.3 Å². The lowest BCUT2D eigenvalue weighted by Gasteiger charge is -2.27. The summed E-state index contributed by atoms with van der Waals surface area (Å²) >= 11 is 7.20. The number of thiazole rings is 1. The Bertz CT molecular complexity index is 2270. The molecule has 6 rings (SSSR count). The summed E-state index contributed by atoms with van der Waals surface area (Å²) in [6.07, 6.45) is 2.31. The molecule has 0 fully saturated rings. The van der Waals surface area contributed by atoms with Crippen LogP contribution < -0.4 is 24.4 Å². The summed E-state index contributed by atoms with van der Waals surface area (Å²) in [5, 5.41) is 9.61. The summed E-state index contributed by atoms with van der Waals surface area (Å²) in [4.78, 5) is 45.2. The van der Waals surface area contributed by atoms with Gasteiger partial charge in [0.2, 0.25) is 0 Å². The molecule has 2 aromatic heterocycles. The molecule has 10 nitrogen and oxygen atoms in total. The molecule has 49 heavy (non-hydrogen) atoms. The first-order chi connectivity index (χ1) is 23.7. The van der Waals surface area contributed by atoms with Crippen LogP contribution in [0, 0.1) is 0 Å². The number of halogens is 1. The van der Waals surface area contributed by atoms with Crippen molar-refractivity contribution in [2.24, 2.45) is 4.99 Å². The van der Waals surface area contributed by atoms with Gasteiger partial charge in [0.15, 0.2) is 16.3 Å². The summed E-state index contributed by atoms with van der Waals surface area (Å²) < 4.78 is 25.3. The quantitative estimate of drug-likeness (QED) is 0.158. The molecule has 1 aliphatic heterocycles. The second-order valence-corrected chi connectivity index (χ2v) is 12.3. The third kappa shape index (κ3) is 6.55. The topological polar surface area (TPSA) is 130 Å². The van der Waals surface area contributed by atoms with E-state index >= 15 is 0 Å². The van der Waals surface area contributed by atoms with Crippen LogP contribution in [0.2, 0.25) is 5.02 Å². The maximum atomic E-state index is 14.4. The highest BCUT2D eigenvalue weighted by atomic mass is 35.5. The van der Waals surface area contributed by atoms with E-state index in [0.29, 0.717) is 61.3 Å². The fourth-order valence-electron chi connectivity index (χ4n) is 5.56. The Morgan fingerprint density at radius 1 is 1.04 bits per heavy atom. The molecule has 0 aliphatic carbocycles. The molecule has 12 heteroatoms. The number of rotatable bonds is 11. The van der Waals surface area contributed by atoms with Gasteiger partial charge >= 0.3 is 11.9 Å². The second-order valence-electron chi connectivity index (χ2n) is 10.9. The summed E-state index contributed by atoms with van der Waals surface area (Å²) in [5.41, 5.74) is 1.79. The molecule has 250 valence electrons. The fraction of sp³-hybridized carbons (Fsp3) is 0.189. The zero-order valence-electron chi connectivity index (χ0n) is 26.8. The predicted octanol–water partition coefficient (Wildman–Crippen LogP) is 6.34. The zero-order chi connectivity index (χ0) is 34.7. The van der Waals surface area contributed by atoms with Crippen molar-refractivity contribution in [2.45, 2.75) is 26.3 Å². The Morgan fingerprint density at radius 3 is 2.55 bits per heavy atom. The van der Waals surface area contributed by atoms with Gasteiger partial charge in [-0.2, -0.15) is 0 Å². The van der Waals surface area contributed by atoms with Crippen molar-refractivity contribution in [1.29, 1.82) is 0 Å². The molecular formula is C37H31ClN2O8S. The van der Waals surface area contributed by atoms with Crippen molar-refractivity contribution >= 4 is 46.6 Å². The van der Waals surface area contributed by atoms with Crippen molar-refractivity contribution in [1.82, 2.24) is 4.57 Å². The zero-order valence-corrected chi connectivity index (χ0v) is 28.3. The Kier molecular flexibility index (Phi) is 9.84. The molecule has 1 N–H and O–H groups in total. The van der Waals surface area contributed by atoms with E-state index in [1.54, 1.807) is 49.4 Å². The molecule has 0 radical (unpaired) electrons. The summed E-state index contributed by atoms with van der Waals surface area (Å²) in [6.45, 7) is 4.19. The number of nitrogens with zero attached hydrogens (tertiary/aromatic N) is 2. The number of furan rings is 1. The third-order valence-electron chi connectivity index (χ3n) is 7.73. The van der Waals surface area contributed by atoms with Crippen LogP contribution in [0.25, 0.3) is 23.1 Å². The fourth-order valence-corrected chi connectivity index (χ4v) is 6.74. The van der Waals surface area contributed by atoms with Crippen LogP contribution in [0.1, 0.15) is 53.6 Å². The average Bonchev–Trinajstić information content (AvgIpc) is 3.70. The van der Waals surface area contributed by atoms with Gasteiger partial charge in [-0.25, -0.2) is 14.6 Å². The normalized spacial score (nSPS) is 14.3. The van der Waals surface area contributed by atoms with Gasteiger partial charge in [0.25, 0.3) is 5.56 Å². The number of fused-ring (bicyclic) bond motifs is 1. The minimum absolute atomic E-state index is 0.0584. The van der Waals surface area contributed by atoms with Crippen LogP contribution >= 0.6 is 22.9 Å². The lowest BCUT2D eigenvalue weighted by molar-refractivity contribution is -0.138. The lowest BCUT2D eigenvalue weighted by Crippen LogP contribution is -2.40. The van der Waals surface area contributed by atoms with E-state index in [1.807, 2.05) is 37.3 Å². The van der Waals surface area contributed by atoms with E-state index in [9.17, 15) is 19.5 Å². The number of carboxylic acids is 1. The van der Waals surface area contributed by atoms with Crippen LogP contribution in [0.4, 0.5) is 0 Å². The van der Waals surface area contributed by atoms with Gasteiger partial charge in [0, 0.05) is 22.8 Å². The molecule has 1 atom stereocenters. The van der Waals surface area contributed by atoms with Crippen LogP contribution in [0.3, 0.4) is 0 Å². The average molecular weight is 699 g/mol. The lowest BCUT2D eigenvalue weighted by atomic mass is 9.92. The molecule has 0 amide bonds. The van der Waals surface area contributed by atoms with Crippen LogP contribution in [0.5, 0.6) is 11.5 Å². The first-order valence-electron chi connectivity index (χ1n) is 15.5. The van der Waals surface area contributed by atoms with Crippen molar-refractivity contribution < 1.29 is 33.3 Å². The van der Waals surface area contributed by atoms with Crippen LogP contribution in [-0.2, 0) is 9.53 Å². The minimum Gasteiger partial charge on any atom is -0.493 e. The number of aromatic carboxylic acids is 1. The highest BCUT2D eigenvalue weighted by Crippen LogP contribution is 2.42. The first-order valence-corrected chi connectivity index (χ1v) is 16.7. The number of carbonyl (C=O) groups excluding carboxylic acids is 1. The van der Waals surface area contributed by atoms with Gasteiger partial charge < -0.3 is 23.7 Å². The van der Waals surface area contributed by atoms with E-state index in [0.717, 1.165) is 17.8 Å². The van der Waals surface area contributed by atoms with Gasteiger partial charge in [-0.15, -0.1) is 0 Å². The maximum Gasteiger partial charge on any atom is 0.338 e. The number of ether oxygens (including phenoxy) is 3. The Labute approximate surface area is 289 Å². The van der Waals surface area contributed by atoms with Gasteiger partial charge in [-0.3, -0.25) is 9.36 Å². The molecule has 3 aromatic carbocycles. The number of carboxylic acid groups (broad SMARTS) is 1. The number of para-hydroxylation sites is 1. The molecular weight excluding hydrogens is 668 g/mol. The molecule has 0 saturated carbocycles. The van der Waals surface area contributed by atoms with Crippen molar-refractivity contribution in [2.75, 3.05) is 20.3 Å². The Morgan fingerprint density at radius 2 is 1.84 bits per heavy atom. The summed E-state index contributed by atoms with van der Waals surface area (Å²) in [6, 6.07) is 21.6. The molecule has 1 aliphatic rings. The second kappa shape index (κ2) is 14.4. The highest BCUT2D eigenvalue weighted by molar-refractivity contribution is 7.07. The number of hydrogen-bond donors (Lipinski definition) is 1. The monoisotopic (exact) mass is 698 g/mol. The molecule has 0 bridgehead atoms. The maximum absolute atomic E-state index is 14.4. The van der Waals surface area contributed by atoms with E-state index in [2.05, 4.69) is 0 Å². The Balaban J connectivity index is 1.58. The number of hydrogen-bond acceptors (Lipinski definition) is 9. The van der Waals surface area contributed by atoms with Crippen LogP contribution in [-0.4, -0.2) is 41.9 Å². The largest absolute Gasteiger partial charge is 0.493 e. The van der Waals surface area contributed by atoms with E-state index in [1.165, 1.54) is 23.8 Å². The van der Waals surface area contributed by atoms with Crippen molar-refractivity contribution in [3.05, 3.63) is 132 Å². The molecule has 0 unspecified atom stereocenters. The number of esters is 1. The molecule has 0 spiro atoms. The SMILES string of the molecule is CCCOc1c(OC)cccc1[C@H]1C(C(=O)OCC)=C(c2ccccc2)N=c2s/c(=C/c3ccc(-c4ccc(Cl)c(C(=O)O)c4)o3)c(=O)n21. The Hall–Kier alpha value is -5.39. The highest BCUT2D eigenvalue weighted by Gasteiger charge is 2.37. The smallest absolute Gasteiger partial charge is 0.338 e. The van der Waals surface area contributed by atoms with E-state index < -0.39 is 23.5 Å². The van der Waals surface area contributed by atoms with Gasteiger partial charge in [0.05, 0.1) is 46.7 Å². The van der Waals surface area contributed by atoms with Gasteiger partial charge in [0.1, 0.15) is 17.6 Å². The molecule has 3 heterocycles. The van der Waals surface area contributed by atoms with E-state index in [4.69, 9.17) is 35.2 Å².